The molecule has 7 heteroatoms. The van der Waals surface area contributed by atoms with Gasteiger partial charge in [0.1, 0.15) is 11.6 Å². The second-order valence-corrected chi connectivity index (χ2v) is 8.34. The molecule has 0 bridgehead atoms. The van der Waals surface area contributed by atoms with E-state index in [2.05, 4.69) is 9.88 Å². The number of amides is 1. The summed E-state index contributed by atoms with van der Waals surface area (Å²) in [5.74, 6) is 0.893. The molecule has 1 aromatic heterocycles. The molecule has 168 valence electrons. The second kappa shape index (κ2) is 9.34. The predicted molar refractivity (Wildman–Crippen MR) is 130 cm³/mol. The molecule has 5 rings (SSSR count). The van der Waals surface area contributed by atoms with Crippen LogP contribution >= 0.6 is 11.6 Å². The Bertz CT molecular complexity index is 1470. The van der Waals surface area contributed by atoms with Gasteiger partial charge in [0.05, 0.1) is 0 Å². The zero-order valence-corrected chi connectivity index (χ0v) is 18.9. The maximum Gasteiger partial charge on any atom is 0.262 e. The lowest BCUT2D eigenvalue weighted by Gasteiger charge is -2.06. The standard InChI is InChI=1S/C27H20ClN3O3/c28-22-5-3-4-19(10-22)15-31-16-21(23-6-1-2-7-24(23)31)12-20(13-29)27(32)30-14-18-8-9-25-26(11-18)34-17-33-25/h1-12,16H,14-15,17H2,(H,30,32)/b20-12+. The normalized spacial score (nSPS) is 12.5. The molecule has 0 spiro atoms. The van der Waals surface area contributed by atoms with E-state index in [0.29, 0.717) is 23.1 Å². The molecular weight excluding hydrogens is 450 g/mol. The minimum absolute atomic E-state index is 0.0337. The maximum atomic E-state index is 12.8. The topological polar surface area (TPSA) is 76.3 Å². The molecule has 1 amide bonds. The van der Waals surface area contributed by atoms with Crippen molar-refractivity contribution in [1.82, 2.24) is 9.88 Å². The van der Waals surface area contributed by atoms with Gasteiger partial charge in [-0.1, -0.05) is 48.0 Å². The second-order valence-electron chi connectivity index (χ2n) is 7.90. The van der Waals surface area contributed by atoms with E-state index < -0.39 is 5.91 Å². The van der Waals surface area contributed by atoms with Crippen molar-refractivity contribution >= 4 is 34.5 Å². The largest absolute Gasteiger partial charge is 0.454 e. The maximum absolute atomic E-state index is 12.8. The number of fused-ring (bicyclic) bond motifs is 2. The summed E-state index contributed by atoms with van der Waals surface area (Å²) in [4.78, 5) is 12.8. The molecule has 34 heavy (non-hydrogen) atoms. The molecule has 0 fully saturated rings. The third-order valence-corrected chi connectivity index (χ3v) is 5.85. The number of aromatic nitrogens is 1. The third kappa shape index (κ3) is 4.47. The zero-order valence-electron chi connectivity index (χ0n) is 18.1. The van der Waals surface area contributed by atoms with Crippen molar-refractivity contribution < 1.29 is 14.3 Å². The van der Waals surface area contributed by atoms with Crippen molar-refractivity contribution in [1.29, 1.82) is 5.26 Å². The Hall–Kier alpha value is -4.21. The van der Waals surface area contributed by atoms with Gasteiger partial charge in [0, 0.05) is 40.8 Å². The molecule has 0 saturated heterocycles. The molecule has 1 N–H and O–H groups in total. The molecule has 0 unspecified atom stereocenters. The van der Waals surface area contributed by atoms with Crippen LogP contribution < -0.4 is 14.8 Å². The Labute approximate surface area is 201 Å². The van der Waals surface area contributed by atoms with Crippen molar-refractivity contribution in [3.8, 4) is 17.6 Å². The summed E-state index contributed by atoms with van der Waals surface area (Å²) < 4.78 is 12.8. The summed E-state index contributed by atoms with van der Waals surface area (Å²) in [6.45, 7) is 1.08. The zero-order chi connectivity index (χ0) is 23.5. The van der Waals surface area contributed by atoms with Gasteiger partial charge in [-0.25, -0.2) is 0 Å². The molecule has 6 nitrogen and oxygen atoms in total. The molecule has 4 aromatic rings. The van der Waals surface area contributed by atoms with Gasteiger partial charge >= 0.3 is 0 Å². The highest BCUT2D eigenvalue weighted by Gasteiger charge is 2.15. The van der Waals surface area contributed by atoms with E-state index in [1.807, 2.05) is 72.9 Å². The highest BCUT2D eigenvalue weighted by atomic mass is 35.5. The van der Waals surface area contributed by atoms with E-state index in [0.717, 1.165) is 27.6 Å². The number of nitriles is 1. The van der Waals surface area contributed by atoms with Gasteiger partial charge in [0.15, 0.2) is 11.5 Å². The number of halogens is 1. The van der Waals surface area contributed by atoms with Gasteiger partial charge in [-0.3, -0.25) is 4.79 Å². The van der Waals surface area contributed by atoms with E-state index in [1.165, 1.54) is 0 Å². The van der Waals surface area contributed by atoms with Gasteiger partial charge < -0.3 is 19.4 Å². The molecule has 0 aliphatic carbocycles. The number of rotatable bonds is 6. The van der Waals surface area contributed by atoms with E-state index in [-0.39, 0.29) is 18.9 Å². The van der Waals surface area contributed by atoms with Crippen LogP contribution in [0.2, 0.25) is 5.02 Å². The molecule has 0 atom stereocenters. The fraction of sp³-hybridized carbons (Fsp3) is 0.111. The summed E-state index contributed by atoms with van der Waals surface area (Å²) >= 11 is 6.15. The summed E-state index contributed by atoms with van der Waals surface area (Å²) in [7, 11) is 0. The Balaban J connectivity index is 1.38. The Morgan fingerprint density at radius 2 is 1.91 bits per heavy atom. The van der Waals surface area contributed by atoms with Gasteiger partial charge in [0.2, 0.25) is 6.79 Å². The first-order chi connectivity index (χ1) is 16.6. The Kier molecular flexibility index (Phi) is 5.94. The van der Waals surface area contributed by atoms with E-state index in [4.69, 9.17) is 21.1 Å². The molecule has 1 aliphatic heterocycles. The first-order valence-electron chi connectivity index (χ1n) is 10.7. The number of hydrogen-bond donors (Lipinski definition) is 1. The lowest BCUT2D eigenvalue weighted by molar-refractivity contribution is -0.117. The van der Waals surface area contributed by atoms with Crippen molar-refractivity contribution in [3.05, 3.63) is 100 Å². The van der Waals surface area contributed by atoms with Crippen molar-refractivity contribution in [2.45, 2.75) is 13.1 Å². The summed E-state index contributed by atoms with van der Waals surface area (Å²) in [5.41, 5.74) is 3.75. The van der Waals surface area contributed by atoms with Crippen LogP contribution in [0.1, 0.15) is 16.7 Å². The van der Waals surface area contributed by atoms with Gasteiger partial charge in [0.25, 0.3) is 5.91 Å². The smallest absolute Gasteiger partial charge is 0.262 e. The molecule has 3 aromatic carbocycles. The molecule has 0 radical (unpaired) electrons. The first kappa shape index (κ1) is 21.6. The minimum Gasteiger partial charge on any atom is -0.454 e. The van der Waals surface area contributed by atoms with Crippen LogP contribution in [0.5, 0.6) is 11.5 Å². The number of para-hydroxylation sites is 1. The number of nitrogens with one attached hydrogen (secondary N) is 1. The van der Waals surface area contributed by atoms with E-state index in [9.17, 15) is 10.1 Å². The lowest BCUT2D eigenvalue weighted by atomic mass is 10.1. The lowest BCUT2D eigenvalue weighted by Crippen LogP contribution is -2.23. The van der Waals surface area contributed by atoms with Crippen molar-refractivity contribution in [2.75, 3.05) is 6.79 Å². The quantitative estimate of drug-likeness (QED) is 0.307. The molecule has 1 aliphatic rings. The number of hydrogen-bond acceptors (Lipinski definition) is 4. The summed E-state index contributed by atoms with van der Waals surface area (Å²) in [6.07, 6.45) is 3.58. The van der Waals surface area contributed by atoms with Crippen molar-refractivity contribution in [2.24, 2.45) is 0 Å². The molecular formula is C27H20ClN3O3. The third-order valence-electron chi connectivity index (χ3n) is 5.62. The van der Waals surface area contributed by atoms with Gasteiger partial charge in [-0.15, -0.1) is 0 Å². The van der Waals surface area contributed by atoms with Crippen LogP contribution in [-0.2, 0) is 17.9 Å². The van der Waals surface area contributed by atoms with Crippen molar-refractivity contribution in [3.63, 3.8) is 0 Å². The average molecular weight is 470 g/mol. The number of carbonyl (C=O) groups excluding carboxylic acids is 1. The Morgan fingerprint density at radius 1 is 1.06 bits per heavy atom. The van der Waals surface area contributed by atoms with Gasteiger partial charge in [-0.2, -0.15) is 5.26 Å². The monoisotopic (exact) mass is 469 g/mol. The first-order valence-corrected chi connectivity index (χ1v) is 11.1. The number of ether oxygens (including phenoxy) is 2. The number of nitrogens with zero attached hydrogens (tertiary/aromatic N) is 2. The SMILES string of the molecule is N#C/C(=C\c1cn(Cc2cccc(Cl)c2)c2ccccc12)C(=O)NCc1ccc2c(c1)OCO2. The average Bonchev–Trinajstić information content (AvgIpc) is 3.45. The van der Waals surface area contributed by atoms with E-state index >= 15 is 0 Å². The summed E-state index contributed by atoms with van der Waals surface area (Å²) in [5, 5.41) is 14.1. The highest BCUT2D eigenvalue weighted by molar-refractivity contribution is 6.30. The molecule has 2 heterocycles. The van der Waals surface area contributed by atoms with Crippen LogP contribution in [-0.4, -0.2) is 17.3 Å². The molecule has 0 saturated carbocycles. The fourth-order valence-corrected chi connectivity index (χ4v) is 4.20. The predicted octanol–water partition coefficient (Wildman–Crippen LogP) is 5.30. The number of carbonyl (C=O) groups is 1. The van der Waals surface area contributed by atoms with E-state index in [1.54, 1.807) is 12.1 Å². The fourth-order valence-electron chi connectivity index (χ4n) is 3.99. The summed E-state index contributed by atoms with van der Waals surface area (Å²) in [6, 6.07) is 23.1. The van der Waals surface area contributed by atoms with Crippen LogP contribution in [0, 0.1) is 11.3 Å². The van der Waals surface area contributed by atoms with Crippen LogP contribution in [0.4, 0.5) is 0 Å². The minimum atomic E-state index is -0.438. The number of benzene rings is 3. The highest BCUT2D eigenvalue weighted by Crippen LogP contribution is 2.32. The Morgan fingerprint density at radius 3 is 2.76 bits per heavy atom. The van der Waals surface area contributed by atoms with Crippen LogP contribution in [0.15, 0.2) is 78.5 Å². The van der Waals surface area contributed by atoms with Gasteiger partial charge in [-0.05, 0) is 47.5 Å². The van der Waals surface area contributed by atoms with Crippen LogP contribution in [0.3, 0.4) is 0 Å². The van der Waals surface area contributed by atoms with Crippen LogP contribution in [0.25, 0.3) is 17.0 Å².